The van der Waals surface area contributed by atoms with E-state index in [1.165, 1.54) is 17.0 Å². The molecule has 0 radical (unpaired) electrons. The Bertz CT molecular complexity index is 989. The Morgan fingerprint density at radius 1 is 0.912 bits per heavy atom. The SMILES string of the molecule is CC(C)(C)OC(=O)N1CCC[C@H]1C(=O)N1CCC(C(=O)ON2C(=O)c3ccccc3C2=O)CC1. The predicted molar refractivity (Wildman–Crippen MR) is 118 cm³/mol. The number of hydroxylamine groups is 2. The van der Waals surface area contributed by atoms with E-state index in [1.54, 1.807) is 37.8 Å². The molecule has 2 fully saturated rings. The van der Waals surface area contributed by atoms with Crippen molar-refractivity contribution in [1.82, 2.24) is 14.9 Å². The van der Waals surface area contributed by atoms with Gasteiger partial charge in [0.1, 0.15) is 11.6 Å². The van der Waals surface area contributed by atoms with E-state index in [0.29, 0.717) is 44.0 Å². The summed E-state index contributed by atoms with van der Waals surface area (Å²) in [5.41, 5.74) is -0.246. The third-order valence-electron chi connectivity index (χ3n) is 6.24. The number of likely N-dealkylation sites (tertiary alicyclic amines) is 2. The number of carbonyl (C=O) groups excluding carboxylic acids is 5. The highest BCUT2D eigenvalue weighted by molar-refractivity contribution is 6.20. The number of fused-ring (bicyclic) bond motifs is 1. The lowest BCUT2D eigenvalue weighted by Gasteiger charge is -2.35. The maximum Gasteiger partial charge on any atom is 0.410 e. The first-order chi connectivity index (χ1) is 16.1. The smallest absolute Gasteiger partial charge is 0.410 e. The Kier molecular flexibility index (Phi) is 6.33. The number of hydrogen-bond acceptors (Lipinski definition) is 7. The molecule has 0 N–H and O–H groups in total. The third-order valence-corrected chi connectivity index (χ3v) is 6.24. The molecular weight excluding hydrogens is 442 g/mol. The first kappa shape index (κ1) is 23.7. The summed E-state index contributed by atoms with van der Waals surface area (Å²) in [7, 11) is 0. The number of ether oxygens (including phenoxy) is 1. The molecule has 10 nitrogen and oxygen atoms in total. The van der Waals surface area contributed by atoms with Gasteiger partial charge in [0, 0.05) is 19.6 Å². The number of amides is 4. The lowest BCUT2D eigenvalue weighted by molar-refractivity contribution is -0.175. The first-order valence-electron chi connectivity index (χ1n) is 11.5. The zero-order valence-electron chi connectivity index (χ0n) is 19.6. The molecular formula is C24H29N3O7. The van der Waals surface area contributed by atoms with Crippen LogP contribution in [0.3, 0.4) is 0 Å². The van der Waals surface area contributed by atoms with Crippen molar-refractivity contribution in [2.45, 2.75) is 58.1 Å². The highest BCUT2D eigenvalue weighted by atomic mass is 16.7. The monoisotopic (exact) mass is 471 g/mol. The van der Waals surface area contributed by atoms with Gasteiger partial charge in [-0.1, -0.05) is 17.2 Å². The molecule has 3 aliphatic heterocycles. The molecule has 1 aromatic rings. The van der Waals surface area contributed by atoms with Gasteiger partial charge in [0.05, 0.1) is 17.0 Å². The normalized spacial score (nSPS) is 21.0. The van der Waals surface area contributed by atoms with Crippen molar-refractivity contribution in [2.24, 2.45) is 5.92 Å². The molecule has 3 aliphatic rings. The second-order valence-electron chi connectivity index (χ2n) is 9.79. The van der Waals surface area contributed by atoms with Crippen LogP contribution in [0.2, 0.25) is 0 Å². The van der Waals surface area contributed by atoms with Crippen LogP contribution in [0, 0.1) is 5.92 Å². The van der Waals surface area contributed by atoms with Crippen LogP contribution in [-0.4, -0.2) is 75.9 Å². The standard InChI is InChI=1S/C24H29N3O7/c1-24(2,3)33-23(32)26-12-6-9-18(26)21(30)25-13-10-15(11-14-25)22(31)34-27-19(28)16-7-4-5-8-17(16)20(27)29/h4-5,7-8,15,18H,6,9-14H2,1-3H3/t18-/m0/s1. The fraction of sp³-hybridized carbons (Fsp3) is 0.542. The summed E-state index contributed by atoms with van der Waals surface area (Å²) in [6.07, 6.45) is 1.47. The Balaban J connectivity index is 1.31. The van der Waals surface area contributed by atoms with Crippen LogP contribution in [0.4, 0.5) is 4.79 Å². The minimum Gasteiger partial charge on any atom is -0.444 e. The zero-order valence-corrected chi connectivity index (χ0v) is 19.6. The molecule has 0 aliphatic carbocycles. The molecule has 4 rings (SSSR count). The van der Waals surface area contributed by atoms with Crippen molar-refractivity contribution >= 4 is 29.8 Å². The molecule has 1 aromatic carbocycles. The summed E-state index contributed by atoms with van der Waals surface area (Å²) in [4.78, 5) is 71.4. The maximum absolute atomic E-state index is 13.1. The van der Waals surface area contributed by atoms with Crippen molar-refractivity contribution in [3.8, 4) is 0 Å². The first-order valence-corrected chi connectivity index (χ1v) is 11.5. The van der Waals surface area contributed by atoms with Gasteiger partial charge < -0.3 is 14.5 Å². The second-order valence-corrected chi connectivity index (χ2v) is 9.79. The molecule has 0 aromatic heterocycles. The van der Waals surface area contributed by atoms with E-state index in [4.69, 9.17) is 9.57 Å². The Labute approximate surface area is 197 Å². The summed E-state index contributed by atoms with van der Waals surface area (Å²) >= 11 is 0. The Morgan fingerprint density at radius 2 is 1.50 bits per heavy atom. The van der Waals surface area contributed by atoms with Crippen LogP contribution in [-0.2, 0) is 19.2 Å². The highest BCUT2D eigenvalue weighted by Crippen LogP contribution is 2.27. The molecule has 4 amide bonds. The molecule has 0 spiro atoms. The molecule has 0 saturated carbocycles. The molecule has 34 heavy (non-hydrogen) atoms. The van der Waals surface area contributed by atoms with Gasteiger partial charge in [0.2, 0.25) is 5.91 Å². The Morgan fingerprint density at radius 3 is 2.06 bits per heavy atom. The maximum atomic E-state index is 13.1. The topological polar surface area (TPSA) is 114 Å². The van der Waals surface area contributed by atoms with Crippen LogP contribution in [0.1, 0.15) is 67.2 Å². The van der Waals surface area contributed by atoms with Gasteiger partial charge in [-0.15, -0.1) is 0 Å². The predicted octanol–water partition coefficient (Wildman–Crippen LogP) is 2.38. The van der Waals surface area contributed by atoms with E-state index in [1.807, 2.05) is 0 Å². The largest absolute Gasteiger partial charge is 0.444 e. The molecule has 1 atom stereocenters. The van der Waals surface area contributed by atoms with E-state index in [0.717, 1.165) is 6.42 Å². The van der Waals surface area contributed by atoms with Crippen molar-refractivity contribution in [1.29, 1.82) is 0 Å². The van der Waals surface area contributed by atoms with E-state index < -0.39 is 41.4 Å². The van der Waals surface area contributed by atoms with E-state index in [2.05, 4.69) is 0 Å². The minimum absolute atomic E-state index is 0.157. The number of rotatable bonds is 3. The zero-order chi connectivity index (χ0) is 24.6. The van der Waals surface area contributed by atoms with Gasteiger partial charge in [-0.2, -0.15) is 0 Å². The van der Waals surface area contributed by atoms with Gasteiger partial charge in [-0.3, -0.25) is 19.3 Å². The van der Waals surface area contributed by atoms with Crippen LogP contribution >= 0.6 is 0 Å². The van der Waals surface area contributed by atoms with E-state index in [9.17, 15) is 24.0 Å². The lowest BCUT2D eigenvalue weighted by Crippen LogP contribution is -2.51. The van der Waals surface area contributed by atoms with Gasteiger partial charge in [-0.25, -0.2) is 9.59 Å². The van der Waals surface area contributed by atoms with Crippen molar-refractivity contribution in [3.63, 3.8) is 0 Å². The highest BCUT2D eigenvalue weighted by Gasteiger charge is 2.42. The lowest BCUT2D eigenvalue weighted by atomic mass is 9.96. The van der Waals surface area contributed by atoms with Crippen LogP contribution in [0.5, 0.6) is 0 Å². The fourth-order valence-electron chi connectivity index (χ4n) is 4.52. The van der Waals surface area contributed by atoms with Gasteiger partial charge >= 0.3 is 12.1 Å². The van der Waals surface area contributed by atoms with Crippen molar-refractivity contribution < 1.29 is 33.5 Å². The van der Waals surface area contributed by atoms with Gasteiger partial charge in [0.15, 0.2) is 0 Å². The van der Waals surface area contributed by atoms with Crippen LogP contribution in [0.15, 0.2) is 24.3 Å². The summed E-state index contributed by atoms with van der Waals surface area (Å²) < 4.78 is 5.44. The molecule has 182 valence electrons. The number of benzene rings is 1. The average Bonchev–Trinajstić information content (AvgIpc) is 3.38. The molecule has 0 bridgehead atoms. The number of carbonyl (C=O) groups is 5. The summed E-state index contributed by atoms with van der Waals surface area (Å²) in [5, 5.41) is 0.516. The number of imide groups is 1. The van der Waals surface area contributed by atoms with Crippen LogP contribution in [0.25, 0.3) is 0 Å². The van der Waals surface area contributed by atoms with Crippen molar-refractivity contribution in [2.75, 3.05) is 19.6 Å². The summed E-state index contributed by atoms with van der Waals surface area (Å²) in [6.45, 7) is 6.45. The van der Waals surface area contributed by atoms with Crippen LogP contribution < -0.4 is 0 Å². The number of hydrogen-bond donors (Lipinski definition) is 0. The molecule has 10 heteroatoms. The Hall–Kier alpha value is -3.43. The van der Waals surface area contributed by atoms with E-state index in [-0.39, 0.29) is 17.0 Å². The van der Waals surface area contributed by atoms with E-state index >= 15 is 0 Å². The fourth-order valence-corrected chi connectivity index (χ4v) is 4.52. The minimum atomic E-state index is -0.669. The third kappa shape index (κ3) is 4.62. The second kappa shape index (κ2) is 9.08. The molecule has 2 saturated heterocycles. The van der Waals surface area contributed by atoms with Gasteiger partial charge in [0.25, 0.3) is 11.8 Å². The molecule has 3 heterocycles. The van der Waals surface area contributed by atoms with Gasteiger partial charge in [-0.05, 0) is 58.6 Å². The summed E-state index contributed by atoms with van der Waals surface area (Å²) in [6, 6.07) is 5.72. The number of piperidine rings is 1. The molecule has 0 unspecified atom stereocenters. The van der Waals surface area contributed by atoms with Crippen molar-refractivity contribution in [3.05, 3.63) is 35.4 Å². The summed E-state index contributed by atoms with van der Waals surface area (Å²) in [5.74, 6) is -2.69. The quantitative estimate of drug-likeness (QED) is 0.622. The number of nitrogens with zero attached hydrogens (tertiary/aromatic N) is 3. The average molecular weight is 472 g/mol.